The minimum atomic E-state index is -0.394. The van der Waals surface area contributed by atoms with Crippen molar-refractivity contribution in [3.63, 3.8) is 0 Å². The molecule has 0 bridgehead atoms. The van der Waals surface area contributed by atoms with Crippen molar-refractivity contribution in [2.75, 3.05) is 44.2 Å². The fraction of sp³-hybridized carbons (Fsp3) is 0.435. The summed E-state index contributed by atoms with van der Waals surface area (Å²) >= 11 is 5.89. The first-order valence-electron chi connectivity index (χ1n) is 10.9. The molecule has 2 aliphatic rings. The number of nitrogens with zero attached hydrogens (tertiary/aromatic N) is 7. The van der Waals surface area contributed by atoms with Crippen LogP contribution >= 0.6 is 11.6 Å². The Hall–Kier alpha value is -2.73. The molecule has 0 aliphatic carbocycles. The molecule has 3 aromatic heterocycles. The molecule has 0 spiro atoms. The molecule has 9 heteroatoms. The summed E-state index contributed by atoms with van der Waals surface area (Å²) in [7, 11) is 0. The fourth-order valence-electron chi connectivity index (χ4n) is 5.06. The van der Waals surface area contributed by atoms with E-state index in [1.165, 1.54) is 16.3 Å². The van der Waals surface area contributed by atoms with E-state index in [1.807, 2.05) is 24.4 Å². The summed E-state index contributed by atoms with van der Waals surface area (Å²) < 4.78 is 16.0. The molecule has 2 fully saturated rings. The van der Waals surface area contributed by atoms with Gasteiger partial charge in [0, 0.05) is 57.5 Å². The van der Waals surface area contributed by atoms with Gasteiger partial charge in [-0.05, 0) is 37.1 Å². The van der Waals surface area contributed by atoms with E-state index < -0.39 is 5.82 Å². The van der Waals surface area contributed by atoms with Gasteiger partial charge in [0.05, 0.1) is 11.9 Å². The lowest BCUT2D eigenvalue weighted by Crippen LogP contribution is -2.65. The molecule has 5 rings (SSSR count). The first kappa shape index (κ1) is 21.1. The van der Waals surface area contributed by atoms with E-state index in [0.717, 1.165) is 51.4 Å². The zero-order chi connectivity index (χ0) is 22.2. The molecule has 0 N–H and O–H groups in total. The van der Waals surface area contributed by atoms with Crippen LogP contribution in [0.2, 0.25) is 5.15 Å². The van der Waals surface area contributed by atoms with Crippen molar-refractivity contribution in [1.82, 2.24) is 24.4 Å². The molecule has 32 heavy (non-hydrogen) atoms. The van der Waals surface area contributed by atoms with E-state index in [-0.39, 0.29) is 0 Å². The van der Waals surface area contributed by atoms with Crippen LogP contribution in [0.15, 0.2) is 36.7 Å². The third-order valence-corrected chi connectivity index (χ3v) is 6.87. The number of nitriles is 1. The van der Waals surface area contributed by atoms with Crippen molar-refractivity contribution in [3.8, 4) is 6.07 Å². The third kappa shape index (κ3) is 3.92. The second-order valence-corrected chi connectivity index (χ2v) is 9.04. The number of anilines is 1. The Bertz CT molecular complexity index is 1160. The van der Waals surface area contributed by atoms with E-state index in [4.69, 9.17) is 11.6 Å². The summed E-state index contributed by atoms with van der Waals surface area (Å²) in [5.74, 6) is -0.394. The Morgan fingerprint density at radius 1 is 1.16 bits per heavy atom. The van der Waals surface area contributed by atoms with E-state index in [9.17, 15) is 9.65 Å². The second kappa shape index (κ2) is 8.66. The normalized spacial score (nSPS) is 22.1. The molecular weight excluding hydrogens is 429 g/mol. The van der Waals surface area contributed by atoms with Gasteiger partial charge in [0.15, 0.2) is 5.82 Å². The SMILES string of the molecule is C[C@@H]1CN(c2ccc(C#N)n3ncc(F)c23)C[C@@H]2CN(CCc3ccc(Cl)nc3)CCN21. The largest absolute Gasteiger partial charge is 0.367 e. The Morgan fingerprint density at radius 2 is 2.03 bits per heavy atom. The summed E-state index contributed by atoms with van der Waals surface area (Å²) in [5.41, 5.74) is 2.70. The maximum atomic E-state index is 14.6. The molecule has 5 heterocycles. The summed E-state index contributed by atoms with van der Waals surface area (Å²) in [6.07, 6.45) is 3.97. The minimum Gasteiger partial charge on any atom is -0.367 e. The van der Waals surface area contributed by atoms with E-state index in [2.05, 4.69) is 37.8 Å². The lowest BCUT2D eigenvalue weighted by molar-refractivity contribution is 0.0356. The van der Waals surface area contributed by atoms with Crippen LogP contribution in [0.5, 0.6) is 0 Å². The maximum absolute atomic E-state index is 14.6. The third-order valence-electron chi connectivity index (χ3n) is 6.65. The van der Waals surface area contributed by atoms with Crippen molar-refractivity contribution in [2.45, 2.75) is 25.4 Å². The first-order valence-corrected chi connectivity index (χ1v) is 11.3. The number of piperazine rings is 2. The smallest absolute Gasteiger partial charge is 0.171 e. The van der Waals surface area contributed by atoms with E-state index in [0.29, 0.717) is 28.4 Å². The summed E-state index contributed by atoms with van der Waals surface area (Å²) in [4.78, 5) is 11.5. The lowest BCUT2D eigenvalue weighted by atomic mass is 10.0. The fourth-order valence-corrected chi connectivity index (χ4v) is 5.17. The summed E-state index contributed by atoms with van der Waals surface area (Å²) in [6, 6.07) is 10.3. The summed E-state index contributed by atoms with van der Waals surface area (Å²) in [6.45, 7) is 7.88. The van der Waals surface area contributed by atoms with Crippen molar-refractivity contribution >= 4 is 22.8 Å². The van der Waals surface area contributed by atoms with Gasteiger partial charge in [-0.3, -0.25) is 4.90 Å². The number of halogens is 2. The standard InChI is InChI=1S/C23H25ClFN7/c1-16-13-30(21-4-3-18(10-26)32-23(21)20(25)12-28-32)15-19-14-29(8-9-31(16)19)7-6-17-2-5-22(24)27-11-17/h2-5,11-12,16,19H,6-9,13-15H2,1H3/t16-,19+/m1/s1. The maximum Gasteiger partial charge on any atom is 0.171 e. The Balaban J connectivity index is 1.32. The quantitative estimate of drug-likeness (QED) is 0.566. The summed E-state index contributed by atoms with van der Waals surface area (Å²) in [5, 5.41) is 13.9. The number of hydrogen-bond acceptors (Lipinski definition) is 6. The zero-order valence-corrected chi connectivity index (χ0v) is 18.7. The molecule has 7 nitrogen and oxygen atoms in total. The van der Waals surface area contributed by atoms with E-state index >= 15 is 0 Å². The van der Waals surface area contributed by atoms with Crippen molar-refractivity contribution in [3.05, 3.63) is 58.9 Å². The van der Waals surface area contributed by atoms with Crippen LogP contribution in [-0.2, 0) is 6.42 Å². The molecule has 166 valence electrons. The molecular formula is C23H25ClFN7. The van der Waals surface area contributed by atoms with Crippen LogP contribution in [0.3, 0.4) is 0 Å². The van der Waals surface area contributed by atoms with Crippen LogP contribution in [-0.4, -0.2) is 75.8 Å². The molecule has 3 aromatic rings. The van der Waals surface area contributed by atoms with Crippen molar-refractivity contribution in [1.29, 1.82) is 5.26 Å². The van der Waals surface area contributed by atoms with Crippen molar-refractivity contribution < 1.29 is 4.39 Å². The monoisotopic (exact) mass is 453 g/mol. The number of fused-ring (bicyclic) bond motifs is 2. The van der Waals surface area contributed by atoms with Gasteiger partial charge in [-0.25, -0.2) is 13.9 Å². The van der Waals surface area contributed by atoms with Gasteiger partial charge in [0.2, 0.25) is 0 Å². The number of rotatable bonds is 4. The van der Waals surface area contributed by atoms with Gasteiger partial charge in [-0.1, -0.05) is 17.7 Å². The minimum absolute atomic E-state index is 0.333. The molecule has 0 amide bonds. The average Bonchev–Trinajstić information content (AvgIpc) is 3.19. The van der Waals surface area contributed by atoms with Crippen LogP contribution in [0.1, 0.15) is 18.2 Å². The highest BCUT2D eigenvalue weighted by Gasteiger charge is 2.36. The second-order valence-electron chi connectivity index (χ2n) is 8.65. The topological polar surface area (TPSA) is 63.7 Å². The van der Waals surface area contributed by atoms with E-state index in [1.54, 1.807) is 6.07 Å². The highest BCUT2D eigenvalue weighted by atomic mass is 35.5. The Morgan fingerprint density at radius 3 is 2.81 bits per heavy atom. The number of pyridine rings is 2. The molecule has 0 aromatic carbocycles. The predicted molar refractivity (Wildman–Crippen MR) is 121 cm³/mol. The highest BCUT2D eigenvalue weighted by Crippen LogP contribution is 2.30. The molecule has 0 radical (unpaired) electrons. The first-order chi connectivity index (χ1) is 15.5. The van der Waals surface area contributed by atoms with Crippen molar-refractivity contribution in [2.24, 2.45) is 0 Å². The molecule has 2 atom stereocenters. The van der Waals surface area contributed by atoms with Crippen LogP contribution in [0.4, 0.5) is 10.1 Å². The highest BCUT2D eigenvalue weighted by molar-refractivity contribution is 6.29. The van der Waals surface area contributed by atoms with Crippen LogP contribution < -0.4 is 4.90 Å². The van der Waals surface area contributed by atoms with Gasteiger partial charge >= 0.3 is 0 Å². The number of aromatic nitrogens is 3. The van der Waals surface area contributed by atoms with Gasteiger partial charge < -0.3 is 9.80 Å². The average molecular weight is 454 g/mol. The van der Waals surface area contributed by atoms with Crippen LogP contribution in [0, 0.1) is 17.1 Å². The molecule has 2 aliphatic heterocycles. The molecule has 2 saturated heterocycles. The zero-order valence-electron chi connectivity index (χ0n) is 18.0. The predicted octanol–water partition coefficient (Wildman–Crippen LogP) is 2.83. The molecule has 0 saturated carbocycles. The Labute approximate surface area is 191 Å². The Kier molecular flexibility index (Phi) is 5.72. The number of hydrogen-bond donors (Lipinski definition) is 0. The van der Waals surface area contributed by atoms with Gasteiger partial charge in [0.25, 0.3) is 0 Å². The van der Waals surface area contributed by atoms with Gasteiger partial charge in [0.1, 0.15) is 22.4 Å². The van der Waals surface area contributed by atoms with Crippen LogP contribution in [0.25, 0.3) is 5.52 Å². The van der Waals surface area contributed by atoms with Gasteiger partial charge in [-0.2, -0.15) is 10.4 Å². The lowest BCUT2D eigenvalue weighted by Gasteiger charge is -2.51. The molecule has 0 unspecified atom stereocenters. The van der Waals surface area contributed by atoms with Gasteiger partial charge in [-0.15, -0.1) is 0 Å².